The van der Waals surface area contributed by atoms with E-state index in [2.05, 4.69) is 19.2 Å². The van der Waals surface area contributed by atoms with E-state index in [9.17, 15) is 4.79 Å². The first kappa shape index (κ1) is 12.0. The number of carboxylic acid groups (broad SMARTS) is 1. The van der Waals surface area contributed by atoms with Crippen LogP contribution < -0.4 is 5.32 Å². The van der Waals surface area contributed by atoms with Crippen molar-refractivity contribution in [1.82, 2.24) is 0 Å². The van der Waals surface area contributed by atoms with Crippen LogP contribution in [0.25, 0.3) is 0 Å². The molecule has 1 unspecified atom stereocenters. The third-order valence-electron chi connectivity index (χ3n) is 3.49. The van der Waals surface area contributed by atoms with Gasteiger partial charge in [0.05, 0.1) is 5.56 Å². The molecule has 1 aliphatic carbocycles. The molecule has 0 radical (unpaired) electrons. The Labute approximate surface area is 102 Å². The van der Waals surface area contributed by atoms with Gasteiger partial charge in [0.2, 0.25) is 0 Å². The number of benzene rings is 1. The summed E-state index contributed by atoms with van der Waals surface area (Å²) in [5.74, 6) is -0.870. The summed E-state index contributed by atoms with van der Waals surface area (Å²) in [7, 11) is 0. The normalized spacial score (nSPS) is 22.4. The topological polar surface area (TPSA) is 49.3 Å². The van der Waals surface area contributed by atoms with Crippen LogP contribution in [0.3, 0.4) is 0 Å². The average Bonchev–Trinajstić information content (AvgIpc) is 2.58. The number of carboxylic acids is 1. The molecule has 2 rings (SSSR count). The van der Waals surface area contributed by atoms with E-state index in [0.29, 0.717) is 17.0 Å². The van der Waals surface area contributed by atoms with Crippen molar-refractivity contribution in [3.8, 4) is 0 Å². The van der Waals surface area contributed by atoms with E-state index in [-0.39, 0.29) is 0 Å². The van der Waals surface area contributed by atoms with Crippen LogP contribution in [0.2, 0.25) is 0 Å². The molecule has 1 atom stereocenters. The van der Waals surface area contributed by atoms with Gasteiger partial charge in [-0.1, -0.05) is 26.0 Å². The molecule has 3 heteroatoms. The summed E-state index contributed by atoms with van der Waals surface area (Å²) in [4.78, 5) is 11.1. The molecular formula is C14H19NO2. The zero-order chi connectivity index (χ0) is 12.5. The molecule has 0 heterocycles. The molecule has 2 N–H and O–H groups in total. The molecule has 1 fully saturated rings. The molecule has 3 nitrogen and oxygen atoms in total. The summed E-state index contributed by atoms with van der Waals surface area (Å²) in [6.07, 6.45) is 3.40. The molecule has 1 aliphatic rings. The van der Waals surface area contributed by atoms with Gasteiger partial charge in [-0.15, -0.1) is 0 Å². The summed E-state index contributed by atoms with van der Waals surface area (Å²) in [5, 5.41) is 12.5. The van der Waals surface area contributed by atoms with Crippen LogP contribution in [0, 0.1) is 5.41 Å². The molecule has 0 aromatic heterocycles. The van der Waals surface area contributed by atoms with Gasteiger partial charge in [0.1, 0.15) is 0 Å². The molecule has 0 aliphatic heterocycles. The van der Waals surface area contributed by atoms with Gasteiger partial charge >= 0.3 is 5.97 Å². The predicted octanol–water partition coefficient (Wildman–Crippen LogP) is 3.38. The summed E-state index contributed by atoms with van der Waals surface area (Å²) >= 11 is 0. The Morgan fingerprint density at radius 2 is 2.12 bits per heavy atom. The van der Waals surface area contributed by atoms with Crippen LogP contribution in [-0.4, -0.2) is 17.1 Å². The van der Waals surface area contributed by atoms with E-state index in [1.165, 1.54) is 6.42 Å². The number of aromatic carboxylic acids is 1. The lowest BCUT2D eigenvalue weighted by molar-refractivity contribution is 0.0698. The lowest BCUT2D eigenvalue weighted by Crippen LogP contribution is -2.19. The molecule has 92 valence electrons. The van der Waals surface area contributed by atoms with Crippen LogP contribution in [-0.2, 0) is 0 Å². The van der Waals surface area contributed by atoms with E-state index in [4.69, 9.17) is 5.11 Å². The smallest absolute Gasteiger partial charge is 0.337 e. The lowest BCUT2D eigenvalue weighted by Gasteiger charge is -2.19. The second-order valence-electron chi connectivity index (χ2n) is 5.60. The van der Waals surface area contributed by atoms with Crippen molar-refractivity contribution in [2.75, 3.05) is 5.32 Å². The summed E-state index contributed by atoms with van der Waals surface area (Å²) in [6.45, 7) is 4.52. The maximum Gasteiger partial charge on any atom is 0.337 e. The van der Waals surface area contributed by atoms with Crippen molar-refractivity contribution in [3.05, 3.63) is 29.8 Å². The second-order valence-corrected chi connectivity index (χ2v) is 5.60. The number of anilines is 1. The van der Waals surface area contributed by atoms with Gasteiger partial charge in [0.25, 0.3) is 0 Å². The van der Waals surface area contributed by atoms with E-state index in [1.54, 1.807) is 12.1 Å². The first-order valence-corrected chi connectivity index (χ1v) is 6.07. The molecule has 17 heavy (non-hydrogen) atoms. The van der Waals surface area contributed by atoms with Gasteiger partial charge in [-0.05, 0) is 36.8 Å². The molecule has 0 spiro atoms. The van der Waals surface area contributed by atoms with Crippen molar-refractivity contribution in [2.24, 2.45) is 5.41 Å². The van der Waals surface area contributed by atoms with E-state index < -0.39 is 5.97 Å². The molecule has 0 bridgehead atoms. The fourth-order valence-corrected chi connectivity index (χ4v) is 2.57. The number of carbonyl (C=O) groups is 1. The highest BCUT2D eigenvalue weighted by molar-refractivity contribution is 5.94. The molecule has 0 saturated heterocycles. The van der Waals surface area contributed by atoms with Gasteiger partial charge in [-0.2, -0.15) is 0 Å². The SMILES string of the molecule is CC1(C)CCC(Nc2ccccc2C(=O)O)C1. The van der Waals surface area contributed by atoms with Crippen LogP contribution in [0.1, 0.15) is 43.5 Å². The Balaban J connectivity index is 2.12. The third kappa shape index (κ3) is 2.78. The van der Waals surface area contributed by atoms with Gasteiger partial charge in [-0.25, -0.2) is 4.79 Å². The lowest BCUT2D eigenvalue weighted by atomic mass is 9.92. The van der Waals surface area contributed by atoms with E-state index >= 15 is 0 Å². The minimum Gasteiger partial charge on any atom is -0.478 e. The van der Waals surface area contributed by atoms with Crippen LogP contribution in [0.4, 0.5) is 5.69 Å². The average molecular weight is 233 g/mol. The fraction of sp³-hybridized carbons (Fsp3) is 0.500. The van der Waals surface area contributed by atoms with Crippen molar-refractivity contribution in [1.29, 1.82) is 0 Å². The molecule has 0 amide bonds. The maximum absolute atomic E-state index is 11.1. The number of para-hydroxylation sites is 1. The number of nitrogens with one attached hydrogen (secondary N) is 1. The third-order valence-corrected chi connectivity index (χ3v) is 3.49. The van der Waals surface area contributed by atoms with Crippen molar-refractivity contribution in [2.45, 2.75) is 39.2 Å². The van der Waals surface area contributed by atoms with Gasteiger partial charge in [0.15, 0.2) is 0 Å². The second kappa shape index (κ2) is 4.40. The van der Waals surface area contributed by atoms with E-state index in [1.807, 2.05) is 12.1 Å². The van der Waals surface area contributed by atoms with Crippen molar-refractivity contribution in [3.63, 3.8) is 0 Å². The summed E-state index contributed by atoms with van der Waals surface area (Å²) in [5.41, 5.74) is 1.47. The summed E-state index contributed by atoms with van der Waals surface area (Å²) in [6, 6.07) is 7.51. The Hall–Kier alpha value is -1.51. The zero-order valence-corrected chi connectivity index (χ0v) is 10.4. The van der Waals surface area contributed by atoms with E-state index in [0.717, 1.165) is 18.5 Å². The Morgan fingerprint density at radius 3 is 2.71 bits per heavy atom. The first-order chi connectivity index (χ1) is 7.98. The Morgan fingerprint density at radius 1 is 1.41 bits per heavy atom. The maximum atomic E-state index is 11.1. The van der Waals surface area contributed by atoms with Crippen LogP contribution >= 0.6 is 0 Å². The first-order valence-electron chi connectivity index (χ1n) is 6.07. The number of rotatable bonds is 3. The fourth-order valence-electron chi connectivity index (χ4n) is 2.57. The molecule has 1 saturated carbocycles. The standard InChI is InChI=1S/C14H19NO2/c1-14(2)8-7-10(9-14)15-12-6-4-3-5-11(12)13(16)17/h3-6,10,15H,7-9H2,1-2H3,(H,16,17). The van der Waals surface area contributed by atoms with Gasteiger partial charge < -0.3 is 10.4 Å². The molecule has 1 aromatic carbocycles. The van der Waals surface area contributed by atoms with Gasteiger partial charge in [0, 0.05) is 11.7 Å². The van der Waals surface area contributed by atoms with Crippen LogP contribution in [0.15, 0.2) is 24.3 Å². The Kier molecular flexibility index (Phi) is 3.09. The van der Waals surface area contributed by atoms with Crippen molar-refractivity contribution >= 4 is 11.7 Å². The highest BCUT2D eigenvalue weighted by Gasteiger charge is 2.31. The zero-order valence-electron chi connectivity index (χ0n) is 10.4. The van der Waals surface area contributed by atoms with Gasteiger partial charge in [-0.3, -0.25) is 0 Å². The predicted molar refractivity (Wildman–Crippen MR) is 68.4 cm³/mol. The number of hydrogen-bond donors (Lipinski definition) is 2. The number of hydrogen-bond acceptors (Lipinski definition) is 2. The highest BCUT2D eigenvalue weighted by atomic mass is 16.4. The largest absolute Gasteiger partial charge is 0.478 e. The summed E-state index contributed by atoms with van der Waals surface area (Å²) < 4.78 is 0. The monoisotopic (exact) mass is 233 g/mol. The highest BCUT2D eigenvalue weighted by Crippen LogP contribution is 2.38. The Bertz CT molecular complexity index is 426. The van der Waals surface area contributed by atoms with Crippen molar-refractivity contribution < 1.29 is 9.90 Å². The minimum atomic E-state index is -0.870. The minimum absolute atomic E-state index is 0.359. The molecular weight excluding hydrogens is 214 g/mol. The molecule has 1 aromatic rings. The quantitative estimate of drug-likeness (QED) is 0.841. The van der Waals surface area contributed by atoms with Crippen LogP contribution in [0.5, 0.6) is 0 Å².